The van der Waals surface area contributed by atoms with Crippen LogP contribution in [0.4, 0.5) is 0 Å². The predicted molar refractivity (Wildman–Crippen MR) is 181 cm³/mol. The number of hydrazone groups is 1. The summed E-state index contributed by atoms with van der Waals surface area (Å²) in [6, 6.07) is 11.2. The van der Waals surface area contributed by atoms with Gasteiger partial charge in [-0.1, -0.05) is 86.6 Å². The van der Waals surface area contributed by atoms with Crippen LogP contribution >= 0.6 is 0 Å². The molecule has 1 aliphatic heterocycles. The van der Waals surface area contributed by atoms with Gasteiger partial charge in [0.1, 0.15) is 5.75 Å². The van der Waals surface area contributed by atoms with Crippen molar-refractivity contribution >= 4 is 21.6 Å². The van der Waals surface area contributed by atoms with E-state index in [0.717, 1.165) is 28.0 Å². The van der Waals surface area contributed by atoms with Crippen LogP contribution in [0.1, 0.15) is 132 Å². The van der Waals surface area contributed by atoms with Gasteiger partial charge in [-0.2, -0.15) is 9.41 Å². The van der Waals surface area contributed by atoms with Crippen molar-refractivity contribution in [3.05, 3.63) is 58.7 Å². The van der Waals surface area contributed by atoms with Crippen molar-refractivity contribution in [3.8, 4) is 5.75 Å². The molecule has 2 aromatic carbocycles. The number of hydrogen-bond acceptors (Lipinski definition) is 5. The fraction of sp³-hybridized carbons (Fsp3) is 0.611. The third kappa shape index (κ3) is 7.92. The summed E-state index contributed by atoms with van der Waals surface area (Å²) < 4.78 is 29.5. The zero-order valence-electron chi connectivity index (χ0n) is 29.3. The van der Waals surface area contributed by atoms with E-state index in [4.69, 9.17) is 0 Å². The van der Waals surface area contributed by atoms with Crippen LogP contribution in [0.15, 0.2) is 46.4 Å². The minimum absolute atomic E-state index is 0.0729. The molecular formula is C36H55N3O4S. The van der Waals surface area contributed by atoms with E-state index in [9.17, 15) is 18.3 Å². The molecule has 44 heavy (non-hydrogen) atoms. The molecule has 0 spiro atoms. The number of rotatable bonds is 6. The van der Waals surface area contributed by atoms with Gasteiger partial charge in [0.25, 0.3) is 0 Å². The first-order chi connectivity index (χ1) is 19.8. The van der Waals surface area contributed by atoms with Crippen LogP contribution in [-0.4, -0.2) is 40.5 Å². The van der Waals surface area contributed by atoms with Crippen LogP contribution in [0.5, 0.6) is 5.75 Å². The Morgan fingerprint density at radius 2 is 1.30 bits per heavy atom. The number of carbonyl (C=O) groups is 1. The lowest BCUT2D eigenvalue weighted by atomic mass is 9.78. The average molecular weight is 626 g/mol. The maximum Gasteiger partial charge on any atom is 0.244 e. The summed E-state index contributed by atoms with van der Waals surface area (Å²) in [4.78, 5) is 13.2. The zero-order chi connectivity index (χ0) is 33.7. The maximum absolute atomic E-state index is 14.0. The number of nitrogens with zero attached hydrogens (tertiary/aromatic N) is 2. The molecule has 7 nitrogen and oxygen atoms in total. The molecule has 8 heteroatoms. The van der Waals surface area contributed by atoms with Gasteiger partial charge >= 0.3 is 0 Å². The number of carbonyl (C=O) groups excluding carboxylic acids is 1. The van der Waals surface area contributed by atoms with E-state index in [1.165, 1.54) is 0 Å². The lowest BCUT2D eigenvalue weighted by molar-refractivity contribution is -0.121. The second kappa shape index (κ2) is 11.9. The van der Waals surface area contributed by atoms with E-state index in [1.54, 1.807) is 16.4 Å². The van der Waals surface area contributed by atoms with Crippen LogP contribution in [-0.2, 0) is 37.5 Å². The fourth-order valence-electron chi connectivity index (χ4n) is 6.42. The number of piperidine rings is 1. The Balaban J connectivity index is 1.77. The number of hydrogen-bond donors (Lipinski definition) is 2. The normalized spacial score (nSPS) is 17.8. The first-order valence-corrected chi connectivity index (χ1v) is 17.1. The summed E-state index contributed by atoms with van der Waals surface area (Å²) in [7, 11) is -3.79. The Kier molecular flexibility index (Phi) is 9.67. The number of phenolic OH excluding ortho intramolecular Hbond substituents is 1. The Morgan fingerprint density at radius 1 is 0.841 bits per heavy atom. The van der Waals surface area contributed by atoms with Gasteiger partial charge in [-0.05, 0) is 84.7 Å². The lowest BCUT2D eigenvalue weighted by Crippen LogP contribution is -2.63. The van der Waals surface area contributed by atoms with Gasteiger partial charge in [-0.3, -0.25) is 4.79 Å². The highest BCUT2D eigenvalue weighted by molar-refractivity contribution is 7.89. The van der Waals surface area contributed by atoms with Gasteiger partial charge in [0.2, 0.25) is 15.9 Å². The molecule has 0 unspecified atom stereocenters. The molecule has 1 heterocycles. The Labute approximate surface area is 266 Å². The van der Waals surface area contributed by atoms with E-state index in [1.807, 2.05) is 52.0 Å². The number of sulfonamides is 1. The van der Waals surface area contributed by atoms with Gasteiger partial charge in [0.05, 0.1) is 4.90 Å². The average Bonchev–Trinajstić information content (AvgIpc) is 2.83. The topological polar surface area (TPSA) is 99.1 Å². The maximum atomic E-state index is 14.0. The highest BCUT2D eigenvalue weighted by atomic mass is 32.2. The molecular weight excluding hydrogens is 570 g/mol. The number of amides is 1. The molecule has 1 amide bonds. The number of nitrogens with one attached hydrogen (secondary N) is 1. The van der Waals surface area contributed by atoms with Crippen LogP contribution in [0.2, 0.25) is 0 Å². The second-order valence-corrected chi connectivity index (χ2v) is 18.6. The first-order valence-electron chi connectivity index (χ1n) is 15.6. The molecule has 3 rings (SSSR count). The van der Waals surface area contributed by atoms with E-state index >= 15 is 0 Å². The Bertz CT molecular complexity index is 1460. The minimum Gasteiger partial charge on any atom is -0.507 e. The molecule has 0 aromatic heterocycles. The van der Waals surface area contributed by atoms with Crippen molar-refractivity contribution in [2.45, 2.75) is 148 Å². The van der Waals surface area contributed by atoms with E-state index in [-0.39, 0.29) is 33.5 Å². The molecule has 0 bridgehead atoms. The number of phenols is 1. The summed E-state index contributed by atoms with van der Waals surface area (Å²) in [6.45, 7) is 26.4. The zero-order valence-corrected chi connectivity index (χ0v) is 30.1. The fourth-order valence-corrected chi connectivity index (χ4v) is 8.54. The Hall–Kier alpha value is -2.71. The van der Waals surface area contributed by atoms with Crippen molar-refractivity contribution in [2.75, 3.05) is 0 Å². The van der Waals surface area contributed by atoms with E-state index in [0.29, 0.717) is 25.0 Å². The van der Waals surface area contributed by atoms with Crippen molar-refractivity contribution in [1.29, 1.82) is 0 Å². The van der Waals surface area contributed by atoms with Crippen molar-refractivity contribution in [2.24, 2.45) is 5.10 Å². The highest BCUT2D eigenvalue weighted by Crippen LogP contribution is 2.42. The van der Waals surface area contributed by atoms with Crippen LogP contribution < -0.4 is 5.43 Å². The van der Waals surface area contributed by atoms with Gasteiger partial charge in [-0.25, -0.2) is 13.8 Å². The molecule has 0 radical (unpaired) electrons. The summed E-state index contributed by atoms with van der Waals surface area (Å²) in [6.07, 6.45) is 1.56. The molecule has 1 fully saturated rings. The Morgan fingerprint density at radius 3 is 1.70 bits per heavy atom. The molecule has 0 aliphatic carbocycles. The molecule has 2 N–H and O–H groups in total. The van der Waals surface area contributed by atoms with Crippen molar-refractivity contribution in [3.63, 3.8) is 0 Å². The quantitative estimate of drug-likeness (QED) is 0.321. The van der Waals surface area contributed by atoms with Gasteiger partial charge in [0.15, 0.2) is 0 Å². The number of benzene rings is 2. The number of aryl methyl sites for hydroxylation is 1. The third-order valence-corrected chi connectivity index (χ3v) is 10.7. The smallest absolute Gasteiger partial charge is 0.244 e. The second-order valence-electron chi connectivity index (χ2n) is 16.8. The molecule has 0 atom stereocenters. The monoisotopic (exact) mass is 625 g/mol. The predicted octanol–water partition coefficient (Wildman–Crippen LogP) is 7.73. The van der Waals surface area contributed by atoms with Crippen molar-refractivity contribution < 1.29 is 18.3 Å². The SMILES string of the molecule is CC(C)(C)c1ccc(S(=O)(=O)N2C(C)(C)CC(=NNC(=O)CCc3cc(C(C)(C)C)c(O)c(C(C)(C)C)c3)CC2(C)C)cc1. The van der Waals surface area contributed by atoms with Gasteiger partial charge in [0, 0.05) is 36.1 Å². The van der Waals surface area contributed by atoms with Crippen LogP contribution in [0.25, 0.3) is 0 Å². The largest absolute Gasteiger partial charge is 0.507 e. The van der Waals surface area contributed by atoms with Crippen LogP contribution in [0, 0.1) is 0 Å². The van der Waals surface area contributed by atoms with Crippen LogP contribution in [0.3, 0.4) is 0 Å². The van der Waals surface area contributed by atoms with Gasteiger partial charge < -0.3 is 5.11 Å². The van der Waals surface area contributed by atoms with E-state index in [2.05, 4.69) is 72.8 Å². The summed E-state index contributed by atoms with van der Waals surface area (Å²) in [5.41, 5.74) is 5.24. The van der Waals surface area contributed by atoms with Crippen molar-refractivity contribution in [1.82, 2.24) is 9.73 Å². The summed E-state index contributed by atoms with van der Waals surface area (Å²) in [5, 5.41) is 15.5. The molecule has 0 saturated carbocycles. The van der Waals surface area contributed by atoms with E-state index < -0.39 is 21.1 Å². The molecule has 2 aromatic rings. The van der Waals surface area contributed by atoms with Gasteiger partial charge in [-0.15, -0.1) is 0 Å². The standard InChI is InChI=1S/C36H55N3O4S/c1-32(2,3)25-15-17-27(18-16-25)44(42,43)39-35(10,11)22-26(23-36(39,12)13)37-38-30(40)19-14-24-20-28(33(4,5)6)31(41)29(21-24)34(7,8)9/h15-18,20-21,41H,14,19,22-23H2,1-13H3,(H,38,40). The first kappa shape index (κ1) is 35.8. The molecule has 1 aliphatic rings. The highest BCUT2D eigenvalue weighted by Gasteiger charge is 2.51. The molecule has 1 saturated heterocycles. The summed E-state index contributed by atoms with van der Waals surface area (Å²) in [5.74, 6) is 0.120. The molecule has 244 valence electrons. The number of aromatic hydroxyl groups is 1. The summed E-state index contributed by atoms with van der Waals surface area (Å²) >= 11 is 0. The minimum atomic E-state index is -3.79. The third-order valence-electron chi connectivity index (χ3n) is 8.40. The lowest BCUT2D eigenvalue weighted by Gasteiger charge is -2.51.